The van der Waals surface area contributed by atoms with Gasteiger partial charge in [0, 0.05) is 5.69 Å². The number of rotatable bonds is 5. The van der Waals surface area contributed by atoms with Crippen molar-refractivity contribution in [2.75, 3.05) is 31.5 Å². The molecule has 2 heterocycles. The summed E-state index contributed by atoms with van der Waals surface area (Å²) in [5, 5.41) is 4.82. The van der Waals surface area contributed by atoms with Crippen molar-refractivity contribution < 1.29 is 27.8 Å². The summed E-state index contributed by atoms with van der Waals surface area (Å²) < 4.78 is 37.8. The summed E-state index contributed by atoms with van der Waals surface area (Å²) in [4.78, 5) is 16.6. The summed E-state index contributed by atoms with van der Waals surface area (Å²) in [6.07, 6.45) is -4.37. The first kappa shape index (κ1) is 19.9. The number of hydrogen-bond acceptors (Lipinski definition) is 2. The first-order valence-corrected chi connectivity index (χ1v) is 9.89. The highest BCUT2D eigenvalue weighted by Gasteiger charge is 2.32. The predicted molar refractivity (Wildman–Crippen MR) is 99.0 cm³/mol. The third-order valence-electron chi connectivity index (χ3n) is 5.09. The number of carbonyl (C=O) groups excluding carboxylic acids is 1. The number of alkyl halides is 3. The summed E-state index contributed by atoms with van der Waals surface area (Å²) in [7, 11) is 0. The van der Waals surface area contributed by atoms with Gasteiger partial charge in [0.25, 0.3) is 5.91 Å². The van der Waals surface area contributed by atoms with Gasteiger partial charge in [-0.1, -0.05) is 6.07 Å². The van der Waals surface area contributed by atoms with Gasteiger partial charge in [0.15, 0.2) is 6.04 Å². The summed E-state index contributed by atoms with van der Waals surface area (Å²) in [6, 6.07) is 8.54. The van der Waals surface area contributed by atoms with Crippen LogP contribution in [0.25, 0.3) is 0 Å². The Kier molecular flexibility index (Phi) is 6.18. The van der Waals surface area contributed by atoms with Gasteiger partial charge in [-0.25, -0.2) is 0 Å². The molecule has 1 aromatic carbocycles. The zero-order chi connectivity index (χ0) is 19.4. The molecule has 3 N–H and O–H groups in total. The maximum absolute atomic E-state index is 12.6. The minimum absolute atomic E-state index is 0.161. The van der Waals surface area contributed by atoms with E-state index in [1.165, 1.54) is 26.8 Å². The van der Waals surface area contributed by atoms with Crippen LogP contribution >= 0.6 is 11.3 Å². The molecule has 1 fully saturated rings. The van der Waals surface area contributed by atoms with E-state index < -0.39 is 11.7 Å². The van der Waals surface area contributed by atoms with E-state index in [-0.39, 0.29) is 11.9 Å². The van der Waals surface area contributed by atoms with Crippen LogP contribution in [0.15, 0.2) is 41.8 Å². The summed E-state index contributed by atoms with van der Waals surface area (Å²) >= 11 is 1.77. The van der Waals surface area contributed by atoms with Gasteiger partial charge in [-0.2, -0.15) is 13.2 Å². The van der Waals surface area contributed by atoms with Crippen molar-refractivity contribution in [3.8, 4) is 0 Å². The molecule has 146 valence electrons. The minimum Gasteiger partial charge on any atom is -0.321 e. The lowest BCUT2D eigenvalue weighted by molar-refractivity contribution is -1.02. The first-order chi connectivity index (χ1) is 12.8. The van der Waals surface area contributed by atoms with Crippen LogP contribution in [-0.2, 0) is 17.5 Å². The Morgan fingerprint density at radius 2 is 1.81 bits per heavy atom. The van der Waals surface area contributed by atoms with Gasteiger partial charge < -0.3 is 15.1 Å². The molecular weight excluding hydrogens is 375 g/mol. The molecule has 4 nitrogen and oxygen atoms in total. The number of halogens is 3. The largest absolute Gasteiger partial charge is 0.416 e. The van der Waals surface area contributed by atoms with Gasteiger partial charge in [0.2, 0.25) is 0 Å². The van der Waals surface area contributed by atoms with Crippen molar-refractivity contribution in [2.45, 2.75) is 25.7 Å². The zero-order valence-corrected chi connectivity index (χ0v) is 15.9. The average molecular weight is 399 g/mol. The van der Waals surface area contributed by atoms with Crippen molar-refractivity contribution in [1.82, 2.24) is 0 Å². The molecule has 3 rings (SSSR count). The molecule has 1 amide bonds. The van der Waals surface area contributed by atoms with Crippen LogP contribution < -0.4 is 15.1 Å². The van der Waals surface area contributed by atoms with E-state index >= 15 is 0 Å². The number of thiophene rings is 1. The lowest BCUT2D eigenvalue weighted by Gasteiger charge is -2.32. The Balaban J connectivity index is 1.49. The Hall–Kier alpha value is -1.90. The van der Waals surface area contributed by atoms with Crippen LogP contribution in [0.3, 0.4) is 0 Å². The first-order valence-electron chi connectivity index (χ1n) is 9.01. The van der Waals surface area contributed by atoms with E-state index in [1.54, 1.807) is 11.3 Å². The van der Waals surface area contributed by atoms with Gasteiger partial charge in [-0.3, -0.25) is 4.79 Å². The second-order valence-corrected chi connectivity index (χ2v) is 7.98. The number of piperazine rings is 1. The van der Waals surface area contributed by atoms with Crippen LogP contribution in [0.1, 0.15) is 17.4 Å². The van der Waals surface area contributed by atoms with E-state index in [2.05, 4.69) is 22.8 Å². The van der Waals surface area contributed by atoms with Gasteiger partial charge in [0.1, 0.15) is 32.7 Å². The van der Waals surface area contributed by atoms with Crippen LogP contribution in [0.5, 0.6) is 0 Å². The predicted octanol–water partition coefficient (Wildman–Crippen LogP) is 1.08. The lowest BCUT2D eigenvalue weighted by atomic mass is 10.1. The van der Waals surface area contributed by atoms with Crippen LogP contribution in [0, 0.1) is 0 Å². The number of anilines is 1. The molecule has 8 heteroatoms. The second-order valence-electron chi connectivity index (χ2n) is 6.95. The Morgan fingerprint density at radius 1 is 1.15 bits per heavy atom. The van der Waals surface area contributed by atoms with E-state index in [0.717, 1.165) is 44.9 Å². The summed E-state index contributed by atoms with van der Waals surface area (Å²) in [6.45, 7) is 6.72. The Bertz CT molecular complexity index is 739. The molecule has 0 bridgehead atoms. The number of nitrogens with one attached hydrogen (secondary N) is 3. The minimum atomic E-state index is -4.37. The maximum atomic E-state index is 12.6. The molecule has 0 aliphatic carbocycles. The highest BCUT2D eigenvalue weighted by molar-refractivity contribution is 7.09. The summed E-state index contributed by atoms with van der Waals surface area (Å²) in [5.74, 6) is -0.161. The molecule has 2 aromatic rings. The number of hydrogen-bond donors (Lipinski definition) is 3. The molecule has 1 aliphatic heterocycles. The Morgan fingerprint density at radius 3 is 2.37 bits per heavy atom. The normalized spacial score (nSPS) is 21.6. The topological polar surface area (TPSA) is 38.0 Å². The maximum Gasteiger partial charge on any atom is 0.416 e. The highest BCUT2D eigenvalue weighted by atomic mass is 32.1. The lowest BCUT2D eigenvalue weighted by Crippen LogP contribution is -3.29. The summed E-state index contributed by atoms with van der Waals surface area (Å²) in [5.41, 5.74) is -0.329. The molecule has 1 aromatic heterocycles. The van der Waals surface area contributed by atoms with Crippen molar-refractivity contribution in [1.29, 1.82) is 0 Å². The molecule has 1 saturated heterocycles. The van der Waals surface area contributed by atoms with E-state index in [4.69, 9.17) is 0 Å². The van der Waals surface area contributed by atoms with E-state index in [1.807, 2.05) is 6.92 Å². The van der Waals surface area contributed by atoms with Crippen molar-refractivity contribution >= 4 is 22.9 Å². The number of quaternary nitrogens is 2. The molecule has 1 atom stereocenters. The van der Waals surface area contributed by atoms with Crippen molar-refractivity contribution in [2.24, 2.45) is 0 Å². The van der Waals surface area contributed by atoms with Gasteiger partial charge in [-0.15, -0.1) is 11.3 Å². The van der Waals surface area contributed by atoms with Crippen molar-refractivity contribution in [3.05, 3.63) is 52.2 Å². The third kappa shape index (κ3) is 5.31. The van der Waals surface area contributed by atoms with Crippen LogP contribution in [0.4, 0.5) is 18.9 Å². The van der Waals surface area contributed by atoms with Crippen LogP contribution in [0.2, 0.25) is 0 Å². The zero-order valence-electron chi connectivity index (χ0n) is 15.1. The fourth-order valence-electron chi connectivity index (χ4n) is 3.37. The fraction of sp³-hybridized carbons (Fsp3) is 0.421. The van der Waals surface area contributed by atoms with Gasteiger partial charge >= 0.3 is 6.18 Å². The molecule has 0 saturated carbocycles. The third-order valence-corrected chi connectivity index (χ3v) is 5.97. The molecular formula is C19H24F3N3OS+2. The van der Waals surface area contributed by atoms with Crippen molar-refractivity contribution in [3.63, 3.8) is 0 Å². The molecule has 1 aliphatic rings. The SMILES string of the molecule is C[C@@H](C(=O)Nc1ccc(C(F)(F)F)cc1)[NH+]1CC[NH+](Cc2cccs2)CC1. The number of benzene rings is 1. The van der Waals surface area contributed by atoms with E-state index in [0.29, 0.717) is 5.69 Å². The monoisotopic (exact) mass is 399 g/mol. The molecule has 0 spiro atoms. The molecule has 27 heavy (non-hydrogen) atoms. The average Bonchev–Trinajstić information content (AvgIpc) is 3.14. The molecule has 0 radical (unpaired) electrons. The second kappa shape index (κ2) is 8.41. The van der Waals surface area contributed by atoms with E-state index in [9.17, 15) is 18.0 Å². The number of carbonyl (C=O) groups is 1. The standard InChI is InChI=1S/C19H22F3N3OS/c1-14(18(26)23-16-6-4-15(5-7-16)19(20,21)22)25-10-8-24(9-11-25)13-17-3-2-12-27-17/h2-7,12,14H,8-11,13H2,1H3,(H,23,26)/p+2/t14-/m0/s1. The highest BCUT2D eigenvalue weighted by Crippen LogP contribution is 2.29. The van der Waals surface area contributed by atoms with Gasteiger partial charge in [0.05, 0.1) is 10.4 Å². The van der Waals surface area contributed by atoms with Gasteiger partial charge in [-0.05, 0) is 42.6 Å². The van der Waals surface area contributed by atoms with Crippen LogP contribution in [-0.4, -0.2) is 38.1 Å². The number of amides is 1. The Labute approximate surface area is 160 Å². The fourth-order valence-corrected chi connectivity index (χ4v) is 4.15. The smallest absolute Gasteiger partial charge is 0.321 e. The quantitative estimate of drug-likeness (QED) is 0.692. The molecule has 0 unspecified atom stereocenters.